The van der Waals surface area contributed by atoms with Gasteiger partial charge in [-0.2, -0.15) is 0 Å². The van der Waals surface area contributed by atoms with Gasteiger partial charge in [0.1, 0.15) is 0 Å². The molecule has 5 heteroatoms. The Hall–Kier alpha value is -3.73. The highest BCUT2D eigenvalue weighted by atomic mass is 16.4. The zero-order valence-corrected chi connectivity index (χ0v) is 13.7. The third-order valence-corrected chi connectivity index (χ3v) is 4.02. The minimum absolute atomic E-state index is 0.0764. The predicted molar refractivity (Wildman–Crippen MR) is 97.6 cm³/mol. The standard InChI is InChI=1S/C21H15NO4/c22-18-16(21(25)26)12-11-15(19(23)13-7-3-1-4-8-13)17(18)20(24)14-9-5-2-6-10-14/h1-12H,22H2,(H,25,26). The summed E-state index contributed by atoms with van der Waals surface area (Å²) >= 11 is 0. The molecule has 0 aliphatic heterocycles. The lowest BCUT2D eigenvalue weighted by Crippen LogP contribution is -2.17. The maximum atomic E-state index is 13.0. The van der Waals surface area contributed by atoms with Crippen molar-refractivity contribution in [1.29, 1.82) is 0 Å². The van der Waals surface area contributed by atoms with E-state index in [0.29, 0.717) is 11.1 Å². The van der Waals surface area contributed by atoms with Crippen LogP contribution in [0.25, 0.3) is 0 Å². The van der Waals surface area contributed by atoms with E-state index in [0.717, 1.165) is 0 Å². The summed E-state index contributed by atoms with van der Waals surface area (Å²) in [5, 5.41) is 9.31. The molecule has 0 saturated carbocycles. The summed E-state index contributed by atoms with van der Waals surface area (Å²) in [7, 11) is 0. The quantitative estimate of drug-likeness (QED) is 0.545. The van der Waals surface area contributed by atoms with Gasteiger partial charge in [0, 0.05) is 16.7 Å². The zero-order chi connectivity index (χ0) is 18.7. The van der Waals surface area contributed by atoms with Crippen molar-refractivity contribution in [2.24, 2.45) is 0 Å². The first kappa shape index (κ1) is 17.1. The van der Waals surface area contributed by atoms with Crippen LogP contribution in [-0.4, -0.2) is 22.6 Å². The molecular formula is C21H15NO4. The van der Waals surface area contributed by atoms with Gasteiger partial charge in [0.05, 0.1) is 16.8 Å². The number of ketones is 2. The Kier molecular flexibility index (Phi) is 4.62. The smallest absolute Gasteiger partial charge is 0.337 e. The molecule has 3 aromatic rings. The van der Waals surface area contributed by atoms with Crippen LogP contribution in [0.15, 0.2) is 72.8 Å². The summed E-state index contributed by atoms with van der Waals surface area (Å²) < 4.78 is 0. The SMILES string of the molecule is Nc1c(C(=O)O)ccc(C(=O)c2ccccc2)c1C(=O)c1ccccc1. The highest BCUT2D eigenvalue weighted by Crippen LogP contribution is 2.27. The third kappa shape index (κ3) is 3.10. The van der Waals surface area contributed by atoms with E-state index >= 15 is 0 Å². The molecule has 0 aliphatic rings. The van der Waals surface area contributed by atoms with Crippen LogP contribution in [-0.2, 0) is 0 Å². The zero-order valence-electron chi connectivity index (χ0n) is 13.7. The first-order valence-electron chi connectivity index (χ1n) is 7.86. The molecule has 0 unspecified atom stereocenters. The summed E-state index contributed by atoms with van der Waals surface area (Å²) in [4.78, 5) is 37.3. The van der Waals surface area contributed by atoms with Crippen LogP contribution < -0.4 is 5.73 Å². The monoisotopic (exact) mass is 345 g/mol. The first-order chi connectivity index (χ1) is 12.5. The van der Waals surface area contributed by atoms with E-state index in [2.05, 4.69) is 0 Å². The third-order valence-electron chi connectivity index (χ3n) is 4.02. The number of benzene rings is 3. The van der Waals surface area contributed by atoms with Gasteiger partial charge in [-0.25, -0.2) is 4.79 Å². The summed E-state index contributed by atoms with van der Waals surface area (Å²) in [6, 6.07) is 19.3. The van der Waals surface area contributed by atoms with Crippen molar-refractivity contribution >= 4 is 23.2 Å². The van der Waals surface area contributed by atoms with E-state index in [9.17, 15) is 19.5 Å². The second kappa shape index (κ2) is 7.03. The maximum absolute atomic E-state index is 13.0. The average molecular weight is 345 g/mol. The summed E-state index contributed by atoms with van der Waals surface area (Å²) in [6.07, 6.45) is 0. The van der Waals surface area contributed by atoms with Crippen molar-refractivity contribution in [1.82, 2.24) is 0 Å². The molecule has 5 nitrogen and oxygen atoms in total. The van der Waals surface area contributed by atoms with Gasteiger partial charge in [-0.3, -0.25) is 9.59 Å². The van der Waals surface area contributed by atoms with Gasteiger partial charge in [0.2, 0.25) is 0 Å². The molecule has 26 heavy (non-hydrogen) atoms. The number of carbonyl (C=O) groups excluding carboxylic acids is 2. The number of hydrogen-bond acceptors (Lipinski definition) is 4. The molecule has 3 N–H and O–H groups in total. The van der Waals surface area contributed by atoms with Gasteiger partial charge in [-0.05, 0) is 12.1 Å². The van der Waals surface area contributed by atoms with E-state index in [1.807, 2.05) is 0 Å². The molecular weight excluding hydrogens is 330 g/mol. The Morgan fingerprint density at radius 2 is 1.12 bits per heavy atom. The topological polar surface area (TPSA) is 97.5 Å². The van der Waals surface area contributed by atoms with Gasteiger partial charge in [0.25, 0.3) is 0 Å². The van der Waals surface area contributed by atoms with Gasteiger partial charge >= 0.3 is 5.97 Å². The second-order valence-electron chi connectivity index (χ2n) is 5.64. The molecule has 0 saturated heterocycles. The van der Waals surface area contributed by atoms with Crippen molar-refractivity contribution in [3.63, 3.8) is 0 Å². The summed E-state index contributed by atoms with van der Waals surface area (Å²) in [5.41, 5.74) is 6.25. The minimum atomic E-state index is -1.26. The van der Waals surface area contributed by atoms with E-state index < -0.39 is 17.5 Å². The Bertz CT molecular complexity index is 995. The number of nitrogen functional groups attached to an aromatic ring is 1. The van der Waals surface area contributed by atoms with E-state index in [1.54, 1.807) is 60.7 Å². The largest absolute Gasteiger partial charge is 0.478 e. The fourth-order valence-electron chi connectivity index (χ4n) is 2.72. The van der Waals surface area contributed by atoms with E-state index in [1.165, 1.54) is 12.1 Å². The lowest BCUT2D eigenvalue weighted by molar-refractivity contribution is 0.0697. The molecule has 0 aromatic heterocycles. The predicted octanol–water partition coefficient (Wildman–Crippen LogP) is 3.43. The van der Waals surface area contributed by atoms with Crippen molar-refractivity contribution in [2.45, 2.75) is 0 Å². The van der Waals surface area contributed by atoms with Gasteiger partial charge in [0.15, 0.2) is 11.6 Å². The fraction of sp³-hybridized carbons (Fsp3) is 0. The van der Waals surface area contributed by atoms with Crippen molar-refractivity contribution < 1.29 is 19.5 Å². The van der Waals surface area contributed by atoms with Crippen LogP contribution in [0.1, 0.15) is 42.2 Å². The number of carboxylic acid groups (broad SMARTS) is 1. The molecule has 0 amide bonds. The molecule has 128 valence electrons. The van der Waals surface area contributed by atoms with Crippen LogP contribution in [0.5, 0.6) is 0 Å². The lowest BCUT2D eigenvalue weighted by Gasteiger charge is -2.13. The normalized spacial score (nSPS) is 10.3. The van der Waals surface area contributed by atoms with Gasteiger partial charge < -0.3 is 10.8 Å². The van der Waals surface area contributed by atoms with Crippen LogP contribution in [0.4, 0.5) is 5.69 Å². The second-order valence-corrected chi connectivity index (χ2v) is 5.64. The minimum Gasteiger partial charge on any atom is -0.478 e. The lowest BCUT2D eigenvalue weighted by atomic mass is 9.90. The molecule has 0 heterocycles. The number of carboxylic acids is 1. The number of aromatic carboxylic acids is 1. The number of anilines is 1. The number of carbonyl (C=O) groups is 3. The highest BCUT2D eigenvalue weighted by Gasteiger charge is 2.25. The maximum Gasteiger partial charge on any atom is 0.337 e. The average Bonchev–Trinajstić information content (AvgIpc) is 2.67. The van der Waals surface area contributed by atoms with Crippen LogP contribution in [0, 0.1) is 0 Å². The van der Waals surface area contributed by atoms with E-state index in [4.69, 9.17) is 5.73 Å². The molecule has 0 aliphatic carbocycles. The molecule has 0 spiro atoms. The van der Waals surface area contributed by atoms with E-state index in [-0.39, 0.29) is 22.4 Å². The molecule has 3 aromatic carbocycles. The summed E-state index contributed by atoms with van der Waals surface area (Å²) in [5.74, 6) is -2.15. The van der Waals surface area contributed by atoms with Gasteiger partial charge in [-0.15, -0.1) is 0 Å². The van der Waals surface area contributed by atoms with Crippen LogP contribution in [0.3, 0.4) is 0 Å². The number of rotatable bonds is 5. The molecule has 0 atom stereocenters. The van der Waals surface area contributed by atoms with Crippen LogP contribution in [0.2, 0.25) is 0 Å². The highest BCUT2D eigenvalue weighted by molar-refractivity contribution is 6.23. The Morgan fingerprint density at radius 1 is 0.654 bits per heavy atom. The van der Waals surface area contributed by atoms with Crippen molar-refractivity contribution in [3.05, 3.63) is 101 Å². The Morgan fingerprint density at radius 3 is 1.62 bits per heavy atom. The fourth-order valence-corrected chi connectivity index (χ4v) is 2.72. The number of hydrogen-bond donors (Lipinski definition) is 2. The van der Waals surface area contributed by atoms with Crippen LogP contribution >= 0.6 is 0 Å². The van der Waals surface area contributed by atoms with Gasteiger partial charge in [-0.1, -0.05) is 60.7 Å². The summed E-state index contributed by atoms with van der Waals surface area (Å²) in [6.45, 7) is 0. The molecule has 0 fully saturated rings. The van der Waals surface area contributed by atoms with Crippen molar-refractivity contribution in [3.8, 4) is 0 Å². The molecule has 3 rings (SSSR count). The Balaban J connectivity index is 2.22. The van der Waals surface area contributed by atoms with Crippen molar-refractivity contribution in [2.75, 3.05) is 5.73 Å². The Labute approximate surface area is 149 Å². The molecule has 0 bridgehead atoms. The first-order valence-corrected chi connectivity index (χ1v) is 7.86. The number of nitrogens with two attached hydrogens (primary N) is 1. The molecule has 0 radical (unpaired) electrons.